The smallest absolute Gasteiger partial charge is 0.300 e. The van der Waals surface area contributed by atoms with E-state index in [0.29, 0.717) is 0 Å². The second-order valence-corrected chi connectivity index (χ2v) is 2.46. The van der Waals surface area contributed by atoms with Crippen LogP contribution in [0.4, 0.5) is 0 Å². The molecule has 0 spiro atoms. The molecule has 0 aromatic heterocycles. The van der Waals surface area contributed by atoms with Crippen molar-refractivity contribution in [2.45, 2.75) is 27.7 Å². The second-order valence-electron chi connectivity index (χ2n) is 2.46. The number of aliphatic carboxylic acids is 4. The van der Waals surface area contributed by atoms with Gasteiger partial charge >= 0.3 is 0 Å². The molecule has 0 fully saturated rings. The molecule has 0 saturated heterocycles. The molecule has 0 aromatic carbocycles. The molecule has 0 radical (unpaired) electrons. The number of rotatable bonds is 0. The normalized spacial score (nSPS) is 6.80. The fraction of sp³-hybridized carbons (Fsp3) is 0.400. The lowest BCUT2D eigenvalue weighted by molar-refractivity contribution is -0.135. The van der Waals surface area contributed by atoms with Gasteiger partial charge in [-0.2, -0.15) is 0 Å². The zero-order chi connectivity index (χ0) is 17.7. The van der Waals surface area contributed by atoms with Crippen molar-refractivity contribution in [2.24, 2.45) is 11.5 Å². The monoisotopic (exact) mass is 298 g/mol. The summed E-state index contributed by atoms with van der Waals surface area (Å²) in [5.74, 6) is -3.33. The van der Waals surface area contributed by atoms with E-state index in [4.69, 9.17) is 51.1 Å². The van der Waals surface area contributed by atoms with Crippen LogP contribution in [0.25, 0.3) is 0 Å². The van der Waals surface area contributed by atoms with Crippen molar-refractivity contribution in [1.82, 2.24) is 0 Å². The van der Waals surface area contributed by atoms with Gasteiger partial charge in [0.15, 0.2) is 0 Å². The van der Waals surface area contributed by atoms with E-state index in [1.54, 1.807) is 0 Å². The Kier molecular flexibility index (Phi) is 45.3. The van der Waals surface area contributed by atoms with E-state index in [9.17, 15) is 0 Å². The fourth-order valence-corrected chi connectivity index (χ4v) is 0. The van der Waals surface area contributed by atoms with E-state index in [1.807, 2.05) is 0 Å². The second kappa shape index (κ2) is 29.8. The van der Waals surface area contributed by atoms with Crippen molar-refractivity contribution in [1.29, 1.82) is 0 Å². The van der Waals surface area contributed by atoms with E-state index < -0.39 is 23.9 Å². The first-order valence-corrected chi connectivity index (χ1v) is 4.71. The summed E-state index contributed by atoms with van der Waals surface area (Å²) < 4.78 is 0. The standard InChI is InChI=1S/C2H6N2.4C2H4O2/c3-1-2-4;4*1-2(3)4/h1-2H,3-4H2;4*1H3,(H,3,4). The molecule has 20 heavy (non-hydrogen) atoms. The van der Waals surface area contributed by atoms with Gasteiger partial charge < -0.3 is 31.9 Å². The van der Waals surface area contributed by atoms with E-state index >= 15 is 0 Å². The Labute approximate surface area is 116 Å². The van der Waals surface area contributed by atoms with Crippen LogP contribution in [0.15, 0.2) is 12.4 Å². The zero-order valence-electron chi connectivity index (χ0n) is 11.7. The highest BCUT2D eigenvalue weighted by Crippen LogP contribution is 1.43. The highest BCUT2D eigenvalue weighted by molar-refractivity contribution is 5.63. The predicted octanol–water partition coefficient (Wildman–Crippen LogP) is -0.261. The Hall–Kier alpha value is -2.78. The SMILES string of the molecule is CC(=O)O.CC(=O)O.CC(=O)O.CC(=O)O.NC=CN. The third kappa shape index (κ3) is 971. The summed E-state index contributed by atoms with van der Waals surface area (Å²) in [6.45, 7) is 4.33. The van der Waals surface area contributed by atoms with Gasteiger partial charge in [0.05, 0.1) is 0 Å². The summed E-state index contributed by atoms with van der Waals surface area (Å²) in [7, 11) is 0. The van der Waals surface area contributed by atoms with Crippen LogP contribution in [0, 0.1) is 0 Å². The molecule has 120 valence electrons. The number of carboxylic acids is 4. The van der Waals surface area contributed by atoms with E-state index in [0.717, 1.165) is 27.7 Å². The van der Waals surface area contributed by atoms with Crippen molar-refractivity contribution in [3.63, 3.8) is 0 Å². The predicted molar refractivity (Wildman–Crippen MR) is 70.8 cm³/mol. The molecule has 0 bridgehead atoms. The lowest BCUT2D eigenvalue weighted by Crippen LogP contribution is -1.81. The lowest BCUT2D eigenvalue weighted by Gasteiger charge is -1.59. The van der Waals surface area contributed by atoms with Crippen molar-refractivity contribution < 1.29 is 39.6 Å². The first kappa shape index (κ1) is 30.3. The summed E-state index contributed by atoms with van der Waals surface area (Å²) in [6, 6.07) is 0. The van der Waals surface area contributed by atoms with Crippen molar-refractivity contribution >= 4 is 23.9 Å². The highest BCUT2D eigenvalue weighted by atomic mass is 16.4. The van der Waals surface area contributed by atoms with Crippen LogP contribution < -0.4 is 11.5 Å². The van der Waals surface area contributed by atoms with Crippen LogP contribution in [0.3, 0.4) is 0 Å². The molecule has 0 saturated carbocycles. The maximum absolute atomic E-state index is 9.00. The molecule has 0 aliphatic rings. The molecule has 0 aliphatic carbocycles. The molecular weight excluding hydrogens is 276 g/mol. The summed E-state index contributed by atoms with van der Waals surface area (Å²) in [6.07, 6.45) is 2.56. The molecule has 10 heteroatoms. The van der Waals surface area contributed by atoms with Gasteiger partial charge in [-0.25, -0.2) is 0 Å². The van der Waals surface area contributed by atoms with Crippen LogP contribution in [0.5, 0.6) is 0 Å². The summed E-state index contributed by atoms with van der Waals surface area (Å²) in [5, 5.41) is 29.7. The molecule has 0 atom stereocenters. The number of carboxylic acid groups (broad SMARTS) is 4. The van der Waals surface area contributed by atoms with Crippen LogP contribution in [0.1, 0.15) is 27.7 Å². The zero-order valence-corrected chi connectivity index (χ0v) is 11.7. The maximum atomic E-state index is 9.00. The van der Waals surface area contributed by atoms with Crippen LogP contribution in [0.2, 0.25) is 0 Å². The van der Waals surface area contributed by atoms with Gasteiger partial charge in [0.1, 0.15) is 0 Å². The maximum Gasteiger partial charge on any atom is 0.300 e. The number of hydrogen-bond donors (Lipinski definition) is 6. The minimum absolute atomic E-state index is 0.833. The van der Waals surface area contributed by atoms with Crippen LogP contribution >= 0.6 is 0 Å². The molecule has 0 aliphatic heterocycles. The van der Waals surface area contributed by atoms with Crippen molar-refractivity contribution in [3.8, 4) is 0 Å². The third-order valence-corrected chi connectivity index (χ3v) is 0.111. The number of hydrogen-bond acceptors (Lipinski definition) is 6. The minimum Gasteiger partial charge on any atom is -0.481 e. The largest absolute Gasteiger partial charge is 0.481 e. The van der Waals surface area contributed by atoms with Gasteiger partial charge in [0.2, 0.25) is 0 Å². The van der Waals surface area contributed by atoms with Crippen LogP contribution in [-0.2, 0) is 19.2 Å². The molecule has 0 heterocycles. The average Bonchev–Trinajstić information content (AvgIpc) is 2.13. The van der Waals surface area contributed by atoms with Gasteiger partial charge in [-0.3, -0.25) is 19.2 Å². The van der Waals surface area contributed by atoms with Crippen LogP contribution in [-0.4, -0.2) is 44.3 Å². The van der Waals surface area contributed by atoms with Crippen molar-refractivity contribution in [3.05, 3.63) is 12.4 Å². The van der Waals surface area contributed by atoms with Gasteiger partial charge in [0.25, 0.3) is 23.9 Å². The summed E-state index contributed by atoms with van der Waals surface area (Å²) >= 11 is 0. The summed E-state index contributed by atoms with van der Waals surface area (Å²) in [4.78, 5) is 36.0. The van der Waals surface area contributed by atoms with E-state index in [1.165, 1.54) is 12.4 Å². The third-order valence-electron chi connectivity index (χ3n) is 0.111. The molecule has 8 N–H and O–H groups in total. The van der Waals surface area contributed by atoms with Gasteiger partial charge in [-0.05, 0) is 0 Å². The lowest BCUT2D eigenvalue weighted by atomic mass is 10.9. The molecule has 0 aromatic rings. The Bertz CT molecular complexity index is 221. The Morgan fingerprint density at radius 1 is 0.600 bits per heavy atom. The fourth-order valence-electron chi connectivity index (χ4n) is 0. The Morgan fingerprint density at radius 3 is 0.650 bits per heavy atom. The highest BCUT2D eigenvalue weighted by Gasteiger charge is 1.66. The molecule has 10 nitrogen and oxygen atoms in total. The molecule has 0 unspecified atom stereocenters. The Morgan fingerprint density at radius 2 is 0.650 bits per heavy atom. The topological polar surface area (TPSA) is 201 Å². The molecular formula is C10H22N2O8. The molecule has 0 amide bonds. The number of carbonyl (C=O) groups is 4. The van der Waals surface area contributed by atoms with Gasteiger partial charge in [-0.1, -0.05) is 0 Å². The Balaban J connectivity index is -0.0000000469. The van der Waals surface area contributed by atoms with Gasteiger partial charge in [-0.15, -0.1) is 0 Å². The quantitative estimate of drug-likeness (QED) is 0.345. The minimum atomic E-state index is -0.833. The van der Waals surface area contributed by atoms with Gasteiger partial charge in [0, 0.05) is 40.1 Å². The first-order valence-electron chi connectivity index (χ1n) is 4.71. The van der Waals surface area contributed by atoms with Crippen molar-refractivity contribution in [2.75, 3.05) is 0 Å². The summed E-state index contributed by atoms with van der Waals surface area (Å²) in [5.41, 5.74) is 9.44. The molecule has 0 rings (SSSR count). The number of nitrogens with two attached hydrogens (primary N) is 2. The van der Waals surface area contributed by atoms with E-state index in [2.05, 4.69) is 0 Å². The first-order chi connectivity index (χ1) is 8.84. The van der Waals surface area contributed by atoms with E-state index in [-0.39, 0.29) is 0 Å². The average molecular weight is 298 g/mol.